The molecule has 0 aromatic carbocycles. The summed E-state index contributed by atoms with van der Waals surface area (Å²) >= 11 is 0. The molecular formula is C14H22N4O2. The summed E-state index contributed by atoms with van der Waals surface area (Å²) in [6.45, 7) is 2.81. The van der Waals surface area contributed by atoms with E-state index in [1.54, 1.807) is 12.4 Å². The number of carbonyl (C=O) groups excluding carboxylic acids is 1. The van der Waals surface area contributed by atoms with Gasteiger partial charge in [-0.2, -0.15) is 5.10 Å². The lowest BCUT2D eigenvalue weighted by Crippen LogP contribution is -2.59. The predicted molar refractivity (Wildman–Crippen MR) is 74.0 cm³/mol. The fourth-order valence-corrected chi connectivity index (χ4v) is 3.47. The third-order valence-corrected chi connectivity index (χ3v) is 4.92. The predicted octanol–water partition coefficient (Wildman–Crippen LogP) is 1.42. The molecule has 3 fully saturated rings. The van der Waals surface area contributed by atoms with Gasteiger partial charge in [-0.1, -0.05) is 0 Å². The summed E-state index contributed by atoms with van der Waals surface area (Å²) in [6.07, 6.45) is 7.61. The number of piperidine rings is 2. The van der Waals surface area contributed by atoms with Crippen molar-refractivity contribution in [3.8, 4) is 0 Å². The van der Waals surface area contributed by atoms with E-state index in [2.05, 4.69) is 15.5 Å². The average Bonchev–Trinajstić information content (AvgIpc) is 3.02. The van der Waals surface area contributed by atoms with Crippen LogP contribution in [0.4, 0.5) is 4.79 Å². The van der Waals surface area contributed by atoms with Crippen molar-refractivity contribution in [1.29, 1.82) is 0 Å². The highest BCUT2D eigenvalue weighted by molar-refractivity contribution is 5.75. The van der Waals surface area contributed by atoms with Gasteiger partial charge in [-0.15, -0.1) is 0 Å². The molecule has 2 bridgehead atoms. The van der Waals surface area contributed by atoms with E-state index in [1.165, 1.54) is 0 Å². The monoisotopic (exact) mass is 278 g/mol. The summed E-state index contributed by atoms with van der Waals surface area (Å²) in [4.78, 5) is 14.4. The minimum atomic E-state index is -0.0645. The number of urea groups is 1. The number of hydrogen-bond donors (Lipinski definition) is 3. The number of H-pyrrole nitrogens is 1. The minimum absolute atomic E-state index is 0.0269. The highest BCUT2D eigenvalue weighted by Crippen LogP contribution is 2.44. The van der Waals surface area contributed by atoms with Gasteiger partial charge in [-0.3, -0.25) is 5.10 Å². The lowest BCUT2D eigenvalue weighted by molar-refractivity contribution is -0.0304. The zero-order valence-electron chi connectivity index (χ0n) is 11.8. The number of nitrogens with one attached hydrogen (secondary N) is 2. The number of rotatable bonds is 3. The number of fused-ring (bicyclic) bond motifs is 3. The van der Waals surface area contributed by atoms with Crippen LogP contribution in [0.5, 0.6) is 0 Å². The van der Waals surface area contributed by atoms with Crippen LogP contribution in [-0.4, -0.2) is 45.4 Å². The summed E-state index contributed by atoms with van der Waals surface area (Å²) in [5, 5.41) is 19.3. The zero-order valence-corrected chi connectivity index (χ0v) is 11.8. The molecule has 1 aliphatic carbocycles. The number of aliphatic hydroxyl groups excluding tert-OH is 1. The second-order valence-corrected chi connectivity index (χ2v) is 6.22. The lowest BCUT2D eigenvalue weighted by atomic mass is 9.68. The van der Waals surface area contributed by atoms with Gasteiger partial charge in [0.15, 0.2) is 0 Å². The Labute approximate surface area is 118 Å². The molecule has 1 aromatic heterocycles. The fourth-order valence-electron chi connectivity index (χ4n) is 3.47. The average molecular weight is 278 g/mol. The number of nitrogens with zero attached hydrogens (tertiary/aromatic N) is 2. The van der Waals surface area contributed by atoms with E-state index in [0.717, 1.165) is 31.2 Å². The van der Waals surface area contributed by atoms with Crippen molar-refractivity contribution in [1.82, 2.24) is 20.4 Å². The second-order valence-electron chi connectivity index (χ2n) is 6.22. The molecule has 0 spiro atoms. The van der Waals surface area contributed by atoms with Crippen molar-refractivity contribution in [2.45, 2.75) is 44.7 Å². The van der Waals surface area contributed by atoms with E-state index in [9.17, 15) is 9.90 Å². The molecule has 6 heteroatoms. The highest BCUT2D eigenvalue weighted by atomic mass is 16.3. The highest BCUT2D eigenvalue weighted by Gasteiger charge is 2.46. The number of amides is 2. The summed E-state index contributed by atoms with van der Waals surface area (Å²) in [7, 11) is 0. The largest absolute Gasteiger partial charge is 0.396 e. The number of hydrogen-bond acceptors (Lipinski definition) is 3. The van der Waals surface area contributed by atoms with Crippen LogP contribution in [0.3, 0.4) is 0 Å². The van der Waals surface area contributed by atoms with Gasteiger partial charge in [0.2, 0.25) is 0 Å². The first-order valence-electron chi connectivity index (χ1n) is 7.30. The van der Waals surface area contributed by atoms with Gasteiger partial charge in [0.25, 0.3) is 0 Å². The molecule has 2 saturated heterocycles. The van der Waals surface area contributed by atoms with Gasteiger partial charge in [0.05, 0.1) is 18.8 Å². The Hall–Kier alpha value is -1.56. The van der Waals surface area contributed by atoms with Crippen molar-refractivity contribution < 1.29 is 9.90 Å². The van der Waals surface area contributed by atoms with E-state index in [4.69, 9.17) is 0 Å². The summed E-state index contributed by atoms with van der Waals surface area (Å²) < 4.78 is 0. The summed E-state index contributed by atoms with van der Waals surface area (Å²) in [6, 6.07) is 0.243. The molecule has 6 nitrogen and oxygen atoms in total. The van der Waals surface area contributed by atoms with Crippen molar-refractivity contribution in [3.63, 3.8) is 0 Å². The van der Waals surface area contributed by atoms with Crippen LogP contribution in [0, 0.1) is 5.41 Å². The van der Waals surface area contributed by atoms with Crippen LogP contribution in [0.15, 0.2) is 12.4 Å². The summed E-state index contributed by atoms with van der Waals surface area (Å²) in [5.74, 6) is 0. The molecule has 4 rings (SSSR count). The van der Waals surface area contributed by atoms with Crippen LogP contribution in [0.25, 0.3) is 0 Å². The van der Waals surface area contributed by atoms with Crippen LogP contribution in [-0.2, 0) is 0 Å². The maximum Gasteiger partial charge on any atom is 0.318 e. The SMILES string of the molecule is CC(NC(=O)N1CC2(CO)CCC1CC2)c1cn[nH]c1. The lowest BCUT2D eigenvalue weighted by Gasteiger charge is -2.52. The van der Waals surface area contributed by atoms with Gasteiger partial charge in [0.1, 0.15) is 0 Å². The molecule has 20 heavy (non-hydrogen) atoms. The molecule has 3 aliphatic rings. The van der Waals surface area contributed by atoms with Gasteiger partial charge in [-0.05, 0) is 32.6 Å². The van der Waals surface area contributed by atoms with Gasteiger partial charge in [0, 0.05) is 29.8 Å². The van der Waals surface area contributed by atoms with Crippen LogP contribution in [0.1, 0.15) is 44.2 Å². The Balaban J connectivity index is 1.66. The first kappa shape index (κ1) is 13.4. The topological polar surface area (TPSA) is 81.2 Å². The number of carbonyl (C=O) groups is 1. The van der Waals surface area contributed by atoms with Crippen LogP contribution in [0.2, 0.25) is 0 Å². The van der Waals surface area contributed by atoms with E-state index >= 15 is 0 Å². The first-order valence-corrected chi connectivity index (χ1v) is 7.30. The fraction of sp³-hybridized carbons (Fsp3) is 0.714. The van der Waals surface area contributed by atoms with Crippen molar-refractivity contribution in [2.24, 2.45) is 5.41 Å². The maximum absolute atomic E-state index is 12.5. The Kier molecular flexibility index (Phi) is 3.41. The normalized spacial score (nSPS) is 30.3. The van der Waals surface area contributed by atoms with Crippen molar-refractivity contribution in [2.75, 3.05) is 13.2 Å². The molecule has 1 unspecified atom stereocenters. The number of aromatic nitrogens is 2. The van der Waals surface area contributed by atoms with Gasteiger partial charge < -0.3 is 15.3 Å². The molecular weight excluding hydrogens is 256 g/mol. The first-order chi connectivity index (χ1) is 9.63. The van der Waals surface area contributed by atoms with Crippen LogP contribution >= 0.6 is 0 Å². The molecule has 3 N–H and O–H groups in total. The van der Waals surface area contributed by atoms with Crippen LogP contribution < -0.4 is 5.32 Å². The number of aliphatic hydroxyl groups is 1. The molecule has 2 amide bonds. The zero-order chi connectivity index (χ0) is 14.2. The van der Waals surface area contributed by atoms with Crippen molar-refractivity contribution in [3.05, 3.63) is 18.0 Å². The summed E-state index contributed by atoms with van der Waals surface area (Å²) in [5.41, 5.74) is 0.905. The molecule has 110 valence electrons. The van der Waals surface area contributed by atoms with E-state index in [-0.39, 0.29) is 24.1 Å². The second kappa shape index (κ2) is 5.09. The number of aromatic amines is 1. The van der Waals surface area contributed by atoms with E-state index < -0.39 is 0 Å². The Morgan fingerprint density at radius 2 is 2.40 bits per heavy atom. The molecule has 1 aromatic rings. The van der Waals surface area contributed by atoms with Crippen molar-refractivity contribution >= 4 is 6.03 Å². The van der Waals surface area contributed by atoms with E-state index in [1.807, 2.05) is 11.8 Å². The third-order valence-electron chi connectivity index (χ3n) is 4.92. The maximum atomic E-state index is 12.5. The quantitative estimate of drug-likeness (QED) is 0.782. The third kappa shape index (κ3) is 2.28. The molecule has 3 heterocycles. The Morgan fingerprint density at radius 1 is 1.65 bits per heavy atom. The molecule has 2 aliphatic heterocycles. The molecule has 0 radical (unpaired) electrons. The molecule has 1 saturated carbocycles. The smallest absolute Gasteiger partial charge is 0.318 e. The minimum Gasteiger partial charge on any atom is -0.396 e. The Bertz CT molecular complexity index is 466. The van der Waals surface area contributed by atoms with Gasteiger partial charge >= 0.3 is 6.03 Å². The molecule has 1 atom stereocenters. The standard InChI is InChI=1S/C14H22N4O2/c1-10(11-6-15-16-7-11)17-13(20)18-8-14(9-19)4-2-12(18)3-5-14/h6-7,10,12,19H,2-5,8-9H2,1H3,(H,15,16)(H,17,20). The Morgan fingerprint density at radius 3 is 3.00 bits per heavy atom. The van der Waals surface area contributed by atoms with Gasteiger partial charge in [-0.25, -0.2) is 4.79 Å². The van der Waals surface area contributed by atoms with E-state index in [0.29, 0.717) is 12.6 Å².